The SMILES string of the molecule is N=c1c(O)cccn1O. The van der Waals surface area contributed by atoms with Gasteiger partial charge in [0.2, 0.25) is 5.49 Å². The maximum Gasteiger partial charge on any atom is 0.202 e. The fourth-order valence-electron chi connectivity index (χ4n) is 0.487. The van der Waals surface area contributed by atoms with Gasteiger partial charge in [-0.25, -0.2) is 0 Å². The highest BCUT2D eigenvalue weighted by atomic mass is 16.5. The summed E-state index contributed by atoms with van der Waals surface area (Å²) in [7, 11) is 0. The first-order valence-corrected chi connectivity index (χ1v) is 2.36. The van der Waals surface area contributed by atoms with Crippen molar-refractivity contribution < 1.29 is 10.3 Å². The largest absolute Gasteiger partial charge is 0.504 e. The summed E-state index contributed by atoms with van der Waals surface area (Å²) in [6.07, 6.45) is 1.27. The zero-order valence-electron chi connectivity index (χ0n) is 4.57. The number of pyridine rings is 1. The summed E-state index contributed by atoms with van der Waals surface area (Å²) >= 11 is 0. The molecule has 4 heteroatoms. The lowest BCUT2D eigenvalue weighted by molar-refractivity contribution is 0.166. The van der Waals surface area contributed by atoms with Crippen LogP contribution in [-0.2, 0) is 0 Å². The number of nitrogens with one attached hydrogen (secondary N) is 1. The van der Waals surface area contributed by atoms with Crippen LogP contribution in [0.4, 0.5) is 0 Å². The number of aromatic nitrogens is 1. The van der Waals surface area contributed by atoms with Crippen molar-refractivity contribution in [3.8, 4) is 5.75 Å². The van der Waals surface area contributed by atoms with Crippen molar-refractivity contribution in [1.82, 2.24) is 4.73 Å². The summed E-state index contributed by atoms with van der Waals surface area (Å²) in [4.78, 5) is 0. The van der Waals surface area contributed by atoms with Gasteiger partial charge in [-0.05, 0) is 12.1 Å². The van der Waals surface area contributed by atoms with E-state index in [-0.39, 0.29) is 11.2 Å². The third kappa shape index (κ3) is 0.861. The number of nitrogens with zero attached hydrogens (tertiary/aromatic N) is 1. The molecular weight excluding hydrogens is 120 g/mol. The van der Waals surface area contributed by atoms with Crippen molar-refractivity contribution in [1.29, 1.82) is 5.41 Å². The highest BCUT2D eigenvalue weighted by Gasteiger charge is 1.91. The summed E-state index contributed by atoms with van der Waals surface area (Å²) < 4.78 is 0.537. The zero-order valence-corrected chi connectivity index (χ0v) is 4.57. The first kappa shape index (κ1) is 5.68. The molecule has 0 saturated carbocycles. The van der Waals surface area contributed by atoms with Crippen LogP contribution in [0.15, 0.2) is 18.3 Å². The molecule has 0 amide bonds. The second kappa shape index (κ2) is 1.81. The second-order valence-corrected chi connectivity index (χ2v) is 1.59. The number of rotatable bonds is 0. The predicted molar refractivity (Wildman–Crippen MR) is 29.1 cm³/mol. The van der Waals surface area contributed by atoms with Crippen molar-refractivity contribution in [3.63, 3.8) is 0 Å². The van der Waals surface area contributed by atoms with Crippen molar-refractivity contribution >= 4 is 0 Å². The van der Waals surface area contributed by atoms with Gasteiger partial charge in [-0.2, -0.15) is 4.73 Å². The Balaban J connectivity index is 3.43. The van der Waals surface area contributed by atoms with E-state index in [4.69, 9.17) is 15.7 Å². The van der Waals surface area contributed by atoms with Crippen LogP contribution in [0.5, 0.6) is 5.75 Å². The Morgan fingerprint density at radius 1 is 1.56 bits per heavy atom. The molecule has 48 valence electrons. The van der Waals surface area contributed by atoms with Crippen LogP contribution < -0.4 is 5.49 Å². The summed E-state index contributed by atoms with van der Waals surface area (Å²) in [5, 5.41) is 24.3. The molecule has 0 bridgehead atoms. The van der Waals surface area contributed by atoms with Crippen LogP contribution >= 0.6 is 0 Å². The Morgan fingerprint density at radius 2 is 2.22 bits per heavy atom. The molecule has 0 aliphatic rings. The Bertz CT molecular complexity index is 243. The summed E-state index contributed by atoms with van der Waals surface area (Å²) in [6, 6.07) is 2.77. The van der Waals surface area contributed by atoms with Gasteiger partial charge in [0, 0.05) is 6.20 Å². The van der Waals surface area contributed by atoms with Crippen LogP contribution in [0.3, 0.4) is 0 Å². The van der Waals surface area contributed by atoms with Gasteiger partial charge in [-0.3, -0.25) is 5.41 Å². The maximum atomic E-state index is 8.73. The van der Waals surface area contributed by atoms with E-state index in [2.05, 4.69) is 0 Å². The van der Waals surface area contributed by atoms with E-state index in [1.54, 1.807) is 0 Å². The monoisotopic (exact) mass is 126 g/mol. The first-order chi connectivity index (χ1) is 4.22. The van der Waals surface area contributed by atoms with Gasteiger partial charge >= 0.3 is 0 Å². The quantitative estimate of drug-likeness (QED) is 0.425. The molecule has 0 aliphatic heterocycles. The van der Waals surface area contributed by atoms with E-state index in [9.17, 15) is 0 Å². The molecule has 1 aromatic heterocycles. The van der Waals surface area contributed by atoms with Crippen molar-refractivity contribution in [3.05, 3.63) is 23.8 Å². The van der Waals surface area contributed by atoms with E-state index >= 15 is 0 Å². The molecule has 4 nitrogen and oxygen atoms in total. The van der Waals surface area contributed by atoms with Crippen LogP contribution in [0, 0.1) is 5.41 Å². The van der Waals surface area contributed by atoms with Gasteiger partial charge in [0.05, 0.1) is 0 Å². The normalized spacial score (nSPS) is 9.33. The minimum Gasteiger partial charge on any atom is -0.504 e. The Morgan fingerprint density at radius 3 is 2.67 bits per heavy atom. The number of hydrogen-bond acceptors (Lipinski definition) is 3. The smallest absolute Gasteiger partial charge is 0.202 e. The average molecular weight is 126 g/mol. The molecule has 9 heavy (non-hydrogen) atoms. The fraction of sp³-hybridized carbons (Fsp3) is 0. The van der Waals surface area contributed by atoms with Gasteiger partial charge in [-0.15, -0.1) is 0 Å². The Kier molecular flexibility index (Phi) is 1.14. The molecule has 0 radical (unpaired) electrons. The number of hydrogen-bond donors (Lipinski definition) is 3. The molecule has 3 N–H and O–H groups in total. The highest BCUT2D eigenvalue weighted by molar-refractivity contribution is 5.12. The average Bonchev–Trinajstić information content (AvgIpc) is 1.83. The van der Waals surface area contributed by atoms with Crippen LogP contribution in [0.25, 0.3) is 0 Å². The van der Waals surface area contributed by atoms with Gasteiger partial charge in [0.15, 0.2) is 5.75 Å². The standard InChI is InChI=1S/C5H6N2O2/c6-5-4(8)2-1-3-7(5)9/h1-3,6,8-9H. The molecule has 0 saturated heterocycles. The molecule has 0 atom stereocenters. The third-order valence-corrected chi connectivity index (χ3v) is 0.953. The van der Waals surface area contributed by atoms with Gasteiger partial charge in [0.1, 0.15) is 0 Å². The zero-order chi connectivity index (χ0) is 6.85. The van der Waals surface area contributed by atoms with E-state index in [1.165, 1.54) is 18.3 Å². The minimum atomic E-state index is -0.308. The third-order valence-electron chi connectivity index (χ3n) is 0.953. The molecular formula is C5H6N2O2. The van der Waals surface area contributed by atoms with Crippen LogP contribution in [-0.4, -0.2) is 15.0 Å². The summed E-state index contributed by atoms with van der Waals surface area (Å²) in [5.74, 6) is -0.236. The van der Waals surface area contributed by atoms with Crippen molar-refractivity contribution in [2.75, 3.05) is 0 Å². The Hall–Kier alpha value is -1.45. The minimum absolute atomic E-state index is 0.236. The van der Waals surface area contributed by atoms with Gasteiger partial charge in [-0.1, -0.05) is 0 Å². The molecule has 0 unspecified atom stereocenters. The van der Waals surface area contributed by atoms with E-state index in [1.807, 2.05) is 0 Å². The molecule has 0 aromatic carbocycles. The second-order valence-electron chi connectivity index (χ2n) is 1.59. The van der Waals surface area contributed by atoms with Gasteiger partial charge < -0.3 is 10.3 Å². The molecule has 1 aromatic rings. The summed E-state index contributed by atoms with van der Waals surface area (Å²) in [6.45, 7) is 0. The fourth-order valence-corrected chi connectivity index (χ4v) is 0.487. The molecule has 0 aliphatic carbocycles. The molecule has 0 fully saturated rings. The number of aromatic hydroxyl groups is 1. The van der Waals surface area contributed by atoms with Gasteiger partial charge in [0.25, 0.3) is 0 Å². The molecule has 1 heterocycles. The van der Waals surface area contributed by atoms with Crippen molar-refractivity contribution in [2.45, 2.75) is 0 Å². The topological polar surface area (TPSA) is 69.2 Å². The van der Waals surface area contributed by atoms with Crippen LogP contribution in [0.2, 0.25) is 0 Å². The lowest BCUT2D eigenvalue weighted by atomic mass is 10.4. The first-order valence-electron chi connectivity index (χ1n) is 2.36. The van der Waals surface area contributed by atoms with E-state index in [0.29, 0.717) is 4.73 Å². The predicted octanol–water partition coefficient (Wildman–Crippen LogP) is -0.0895. The highest BCUT2D eigenvalue weighted by Crippen LogP contribution is 1.94. The summed E-state index contributed by atoms with van der Waals surface area (Å²) in [5.41, 5.74) is -0.308. The Labute approximate surface area is 51.1 Å². The van der Waals surface area contributed by atoms with E-state index in [0.717, 1.165) is 0 Å². The lowest BCUT2D eigenvalue weighted by Gasteiger charge is -1.95. The lowest BCUT2D eigenvalue weighted by Crippen LogP contribution is -2.15. The van der Waals surface area contributed by atoms with Crippen molar-refractivity contribution in [2.24, 2.45) is 0 Å². The van der Waals surface area contributed by atoms with Crippen LogP contribution in [0.1, 0.15) is 0 Å². The maximum absolute atomic E-state index is 8.73. The molecule has 1 rings (SSSR count). The molecule has 0 spiro atoms. The van der Waals surface area contributed by atoms with E-state index < -0.39 is 0 Å².